The highest BCUT2D eigenvalue weighted by Crippen LogP contribution is 2.23. The minimum absolute atomic E-state index is 0.0673. The fraction of sp³-hybridized carbons (Fsp3) is 0.462. The molecule has 0 saturated carbocycles. The van der Waals surface area contributed by atoms with Crippen LogP contribution in [0.4, 0.5) is 0 Å². The largest absolute Gasteiger partial charge is 0.507 e. The van der Waals surface area contributed by atoms with Crippen LogP contribution in [-0.2, 0) is 9.84 Å². The molecule has 1 amide bonds. The summed E-state index contributed by atoms with van der Waals surface area (Å²) < 4.78 is 28.3. The van der Waals surface area contributed by atoms with Crippen LogP contribution in [0.1, 0.15) is 23.2 Å². The van der Waals surface area contributed by atoms with E-state index in [9.17, 15) is 18.3 Å². The number of nitrogens with one attached hydrogen (secondary N) is 1. The molecule has 110 valence electrons. The van der Waals surface area contributed by atoms with Crippen LogP contribution in [-0.4, -0.2) is 44.1 Å². The van der Waals surface area contributed by atoms with Crippen molar-refractivity contribution < 1.29 is 23.1 Å². The summed E-state index contributed by atoms with van der Waals surface area (Å²) in [5.74, 6) is -0.0553. The maximum absolute atomic E-state index is 12.0. The third kappa shape index (κ3) is 3.04. The Balaban J connectivity index is 2.05. The summed E-state index contributed by atoms with van der Waals surface area (Å²) in [6, 6.07) is 4.31. The second-order valence-corrected chi connectivity index (χ2v) is 7.12. The lowest BCUT2D eigenvalue weighted by molar-refractivity contribution is 0.0950. The number of methoxy groups -OCH3 is 1. The number of ether oxygens (including phenoxy) is 1. The Bertz CT molecular complexity index is 611. The molecule has 1 heterocycles. The van der Waals surface area contributed by atoms with Gasteiger partial charge in [0.25, 0.3) is 5.91 Å². The van der Waals surface area contributed by atoms with E-state index >= 15 is 0 Å². The number of carbonyl (C=O) groups excluding carboxylic acids is 1. The van der Waals surface area contributed by atoms with E-state index in [-0.39, 0.29) is 23.6 Å². The van der Waals surface area contributed by atoms with Crippen LogP contribution in [0.3, 0.4) is 0 Å². The van der Waals surface area contributed by atoms with Gasteiger partial charge in [0.2, 0.25) is 0 Å². The molecule has 1 unspecified atom stereocenters. The summed E-state index contributed by atoms with van der Waals surface area (Å²) in [5, 5.41) is 11.7. The standard InChI is InChI=1S/C13H17NO5S/c1-19-9-4-5-12(15)11(7-9)13(16)14-8-10-3-2-6-20(10,17)18/h4-5,7,10,15H,2-3,6,8H2,1H3,(H,14,16). The van der Waals surface area contributed by atoms with Crippen LogP contribution in [0, 0.1) is 0 Å². The van der Waals surface area contributed by atoms with E-state index in [1.807, 2.05) is 0 Å². The third-order valence-electron chi connectivity index (χ3n) is 3.40. The predicted molar refractivity (Wildman–Crippen MR) is 73.8 cm³/mol. The first kappa shape index (κ1) is 14.6. The number of hydrogen-bond acceptors (Lipinski definition) is 5. The van der Waals surface area contributed by atoms with Crippen LogP contribution in [0.2, 0.25) is 0 Å². The first-order valence-corrected chi connectivity index (χ1v) is 8.02. The molecule has 1 aromatic carbocycles. The Morgan fingerprint density at radius 2 is 2.25 bits per heavy atom. The van der Waals surface area contributed by atoms with E-state index < -0.39 is 21.0 Å². The molecular formula is C13H17NO5S. The Morgan fingerprint density at radius 3 is 2.85 bits per heavy atom. The van der Waals surface area contributed by atoms with Gasteiger partial charge in [0.15, 0.2) is 9.84 Å². The highest BCUT2D eigenvalue weighted by atomic mass is 32.2. The fourth-order valence-corrected chi connectivity index (χ4v) is 3.98. The molecule has 7 heteroatoms. The van der Waals surface area contributed by atoms with Crippen LogP contribution in [0.5, 0.6) is 11.5 Å². The summed E-state index contributed by atoms with van der Waals surface area (Å²) in [6.07, 6.45) is 1.19. The van der Waals surface area contributed by atoms with Gasteiger partial charge < -0.3 is 15.2 Å². The summed E-state index contributed by atoms with van der Waals surface area (Å²) >= 11 is 0. The molecule has 1 fully saturated rings. The summed E-state index contributed by atoms with van der Waals surface area (Å²) in [7, 11) is -1.63. The third-order valence-corrected chi connectivity index (χ3v) is 5.68. The van der Waals surface area contributed by atoms with Crippen LogP contribution in [0.15, 0.2) is 18.2 Å². The molecule has 0 spiro atoms. The zero-order chi connectivity index (χ0) is 14.8. The van der Waals surface area contributed by atoms with Crippen LogP contribution < -0.4 is 10.1 Å². The number of hydrogen-bond donors (Lipinski definition) is 2. The monoisotopic (exact) mass is 299 g/mol. The number of amides is 1. The Kier molecular flexibility index (Phi) is 4.17. The highest BCUT2D eigenvalue weighted by molar-refractivity contribution is 7.92. The molecule has 2 rings (SSSR count). The van der Waals surface area contributed by atoms with Gasteiger partial charge in [-0.3, -0.25) is 4.79 Å². The van der Waals surface area contributed by atoms with E-state index in [0.29, 0.717) is 18.6 Å². The van der Waals surface area contributed by atoms with Gasteiger partial charge in [0, 0.05) is 6.54 Å². The molecule has 0 radical (unpaired) electrons. The second-order valence-electron chi connectivity index (χ2n) is 4.72. The molecule has 20 heavy (non-hydrogen) atoms. The molecular weight excluding hydrogens is 282 g/mol. The Labute approximate surface area is 117 Å². The van der Waals surface area contributed by atoms with Gasteiger partial charge in [-0.15, -0.1) is 0 Å². The number of phenolic OH excluding ortho intramolecular Hbond substituents is 1. The van der Waals surface area contributed by atoms with Crippen molar-refractivity contribution in [1.82, 2.24) is 5.32 Å². The molecule has 0 aliphatic carbocycles. The molecule has 1 aliphatic rings. The number of carbonyl (C=O) groups is 1. The van der Waals surface area contributed by atoms with E-state index in [0.717, 1.165) is 0 Å². The van der Waals surface area contributed by atoms with Crippen molar-refractivity contribution in [1.29, 1.82) is 0 Å². The van der Waals surface area contributed by atoms with Gasteiger partial charge in [-0.1, -0.05) is 0 Å². The minimum atomic E-state index is -3.09. The summed E-state index contributed by atoms with van der Waals surface area (Å²) in [6.45, 7) is 0.0673. The lowest BCUT2D eigenvalue weighted by Crippen LogP contribution is -2.34. The van der Waals surface area contributed by atoms with Gasteiger partial charge in [-0.2, -0.15) is 0 Å². The summed E-state index contributed by atoms with van der Waals surface area (Å²) in [4.78, 5) is 12.0. The van der Waals surface area contributed by atoms with E-state index in [4.69, 9.17) is 4.74 Å². The maximum Gasteiger partial charge on any atom is 0.255 e. The molecule has 1 aromatic rings. The lowest BCUT2D eigenvalue weighted by Gasteiger charge is -2.12. The van der Waals surface area contributed by atoms with E-state index in [1.165, 1.54) is 25.3 Å². The van der Waals surface area contributed by atoms with Crippen molar-refractivity contribution in [2.24, 2.45) is 0 Å². The van der Waals surface area contributed by atoms with Crippen molar-refractivity contribution in [3.8, 4) is 11.5 Å². The normalized spacial score (nSPS) is 20.6. The molecule has 1 saturated heterocycles. The molecule has 0 bridgehead atoms. The average molecular weight is 299 g/mol. The number of benzene rings is 1. The van der Waals surface area contributed by atoms with Crippen LogP contribution in [0.25, 0.3) is 0 Å². The fourth-order valence-electron chi connectivity index (χ4n) is 2.21. The number of rotatable bonds is 4. The second kappa shape index (κ2) is 5.70. The van der Waals surface area contributed by atoms with Gasteiger partial charge in [-0.05, 0) is 31.0 Å². The number of phenols is 1. The molecule has 1 atom stereocenters. The SMILES string of the molecule is COc1ccc(O)c(C(=O)NCC2CCCS2(=O)=O)c1. The van der Waals surface area contributed by atoms with Crippen molar-refractivity contribution in [2.75, 3.05) is 19.4 Å². The molecule has 6 nitrogen and oxygen atoms in total. The number of aromatic hydroxyl groups is 1. The zero-order valence-electron chi connectivity index (χ0n) is 11.1. The number of sulfone groups is 1. The van der Waals surface area contributed by atoms with Gasteiger partial charge in [0.05, 0.1) is 23.7 Å². The quantitative estimate of drug-likeness (QED) is 0.854. The summed E-state index contributed by atoms with van der Waals surface area (Å²) in [5.41, 5.74) is 0.0692. The van der Waals surface area contributed by atoms with Crippen molar-refractivity contribution in [2.45, 2.75) is 18.1 Å². The minimum Gasteiger partial charge on any atom is -0.507 e. The van der Waals surface area contributed by atoms with Gasteiger partial charge in [0.1, 0.15) is 11.5 Å². The lowest BCUT2D eigenvalue weighted by atomic mass is 10.1. The smallest absolute Gasteiger partial charge is 0.255 e. The van der Waals surface area contributed by atoms with Crippen molar-refractivity contribution >= 4 is 15.7 Å². The van der Waals surface area contributed by atoms with Crippen LogP contribution >= 0.6 is 0 Å². The average Bonchev–Trinajstić information content (AvgIpc) is 2.75. The zero-order valence-corrected chi connectivity index (χ0v) is 11.9. The van der Waals surface area contributed by atoms with E-state index in [1.54, 1.807) is 0 Å². The maximum atomic E-state index is 12.0. The molecule has 1 aliphatic heterocycles. The van der Waals surface area contributed by atoms with Crippen molar-refractivity contribution in [3.63, 3.8) is 0 Å². The first-order valence-electron chi connectivity index (χ1n) is 6.31. The molecule has 2 N–H and O–H groups in total. The Morgan fingerprint density at radius 1 is 1.50 bits per heavy atom. The molecule has 0 aromatic heterocycles. The Hall–Kier alpha value is -1.76. The van der Waals surface area contributed by atoms with Crippen molar-refractivity contribution in [3.05, 3.63) is 23.8 Å². The van der Waals surface area contributed by atoms with Gasteiger partial charge >= 0.3 is 0 Å². The topological polar surface area (TPSA) is 92.7 Å². The highest BCUT2D eigenvalue weighted by Gasteiger charge is 2.31. The van der Waals surface area contributed by atoms with Gasteiger partial charge in [-0.25, -0.2) is 8.42 Å². The first-order chi connectivity index (χ1) is 9.44. The van der Waals surface area contributed by atoms with E-state index in [2.05, 4.69) is 5.32 Å². The predicted octanol–water partition coefficient (Wildman–Crippen LogP) is 0.708.